The fourth-order valence-corrected chi connectivity index (χ4v) is 4.46. The second-order valence-electron chi connectivity index (χ2n) is 9.56. The van der Waals surface area contributed by atoms with Gasteiger partial charge in [-0.25, -0.2) is 4.57 Å². The van der Waals surface area contributed by atoms with Crippen LogP contribution >= 0.6 is 0 Å². The number of hydrogen-bond acceptors (Lipinski definition) is 0. The zero-order chi connectivity index (χ0) is 21.5. The molecular weight excluding hydrogens is 362 g/mol. The van der Waals surface area contributed by atoms with Gasteiger partial charge >= 0.3 is 0 Å². The number of hydrogen-bond donors (Lipinski definition) is 0. The predicted molar refractivity (Wildman–Crippen MR) is 134 cm³/mol. The van der Waals surface area contributed by atoms with Crippen LogP contribution in [0.1, 0.15) is 148 Å². The first-order chi connectivity index (χ1) is 14.9. The molecule has 1 heterocycles. The van der Waals surface area contributed by atoms with Crippen LogP contribution in [0.5, 0.6) is 0 Å². The largest absolute Gasteiger partial charge is 0.205 e. The van der Waals surface area contributed by atoms with Crippen molar-refractivity contribution in [1.82, 2.24) is 0 Å². The van der Waals surface area contributed by atoms with E-state index in [1.54, 1.807) is 0 Å². The van der Waals surface area contributed by atoms with Crippen molar-refractivity contribution in [3.63, 3.8) is 0 Å². The standard InChI is InChI=1S/C29H54N/c1-3-5-7-9-11-13-14-16-18-20-22-26-30-27-23-25-29(28-30)24-21-19-17-15-12-10-8-6-4-2/h23,25,27-28H,3-22,24,26H2,1-2H3/q+1. The van der Waals surface area contributed by atoms with Gasteiger partial charge in [0.15, 0.2) is 12.4 Å². The molecule has 0 aromatic carbocycles. The van der Waals surface area contributed by atoms with Gasteiger partial charge in [-0.1, -0.05) is 123 Å². The number of aromatic nitrogens is 1. The molecule has 0 fully saturated rings. The van der Waals surface area contributed by atoms with Crippen molar-refractivity contribution in [2.45, 2.75) is 155 Å². The van der Waals surface area contributed by atoms with Crippen molar-refractivity contribution in [1.29, 1.82) is 0 Å². The molecule has 0 spiro atoms. The molecule has 1 aromatic heterocycles. The van der Waals surface area contributed by atoms with Crippen LogP contribution in [0.2, 0.25) is 0 Å². The van der Waals surface area contributed by atoms with Crippen LogP contribution in [-0.2, 0) is 13.0 Å². The van der Waals surface area contributed by atoms with Gasteiger partial charge in [-0.2, -0.15) is 0 Å². The summed E-state index contributed by atoms with van der Waals surface area (Å²) in [6.45, 7) is 5.79. The monoisotopic (exact) mass is 416 g/mol. The van der Waals surface area contributed by atoms with E-state index in [0.717, 1.165) is 0 Å². The quantitative estimate of drug-likeness (QED) is 0.131. The molecule has 0 aliphatic carbocycles. The third-order valence-corrected chi connectivity index (χ3v) is 6.51. The van der Waals surface area contributed by atoms with Gasteiger partial charge in [-0.05, 0) is 25.3 Å². The van der Waals surface area contributed by atoms with Crippen LogP contribution in [0.25, 0.3) is 0 Å². The van der Waals surface area contributed by atoms with Crippen molar-refractivity contribution in [2.75, 3.05) is 0 Å². The number of aryl methyl sites for hydroxylation is 2. The lowest BCUT2D eigenvalue weighted by atomic mass is 10.0. The Hall–Kier alpha value is -0.850. The van der Waals surface area contributed by atoms with Crippen LogP contribution < -0.4 is 4.57 Å². The van der Waals surface area contributed by atoms with E-state index >= 15 is 0 Å². The van der Waals surface area contributed by atoms with Crippen LogP contribution in [-0.4, -0.2) is 0 Å². The zero-order valence-corrected chi connectivity index (χ0v) is 20.8. The molecule has 1 heteroatoms. The average molecular weight is 417 g/mol. The zero-order valence-electron chi connectivity index (χ0n) is 20.8. The predicted octanol–water partition coefficient (Wildman–Crippen LogP) is 9.36. The lowest BCUT2D eigenvalue weighted by Gasteiger charge is -2.04. The molecule has 0 unspecified atom stereocenters. The second-order valence-corrected chi connectivity index (χ2v) is 9.56. The first-order valence-electron chi connectivity index (χ1n) is 13.8. The van der Waals surface area contributed by atoms with E-state index < -0.39 is 0 Å². The average Bonchev–Trinajstić information content (AvgIpc) is 2.76. The number of nitrogens with zero attached hydrogens (tertiary/aromatic N) is 1. The molecule has 30 heavy (non-hydrogen) atoms. The SMILES string of the molecule is CCCCCCCCCCCCC[n+]1cccc(CCCCCCCCCCC)c1. The van der Waals surface area contributed by atoms with Crippen molar-refractivity contribution in [2.24, 2.45) is 0 Å². The van der Waals surface area contributed by atoms with Crippen LogP contribution in [0.3, 0.4) is 0 Å². The third-order valence-electron chi connectivity index (χ3n) is 6.51. The minimum absolute atomic E-state index is 1.20. The molecule has 0 saturated heterocycles. The molecule has 174 valence electrons. The van der Waals surface area contributed by atoms with E-state index in [1.807, 2.05) is 0 Å². The lowest BCUT2D eigenvalue weighted by Crippen LogP contribution is -2.33. The van der Waals surface area contributed by atoms with Gasteiger partial charge in [0.2, 0.25) is 0 Å². The van der Waals surface area contributed by atoms with E-state index in [9.17, 15) is 0 Å². The summed E-state index contributed by atoms with van der Waals surface area (Å²) in [5, 5.41) is 0. The minimum Gasteiger partial charge on any atom is -0.205 e. The highest BCUT2D eigenvalue weighted by molar-refractivity contribution is 5.05. The number of rotatable bonds is 22. The Morgan fingerprint density at radius 2 is 0.967 bits per heavy atom. The lowest BCUT2D eigenvalue weighted by molar-refractivity contribution is -0.697. The fourth-order valence-electron chi connectivity index (χ4n) is 4.46. The Morgan fingerprint density at radius 1 is 0.533 bits per heavy atom. The van der Waals surface area contributed by atoms with E-state index in [2.05, 4.69) is 42.9 Å². The van der Waals surface area contributed by atoms with Gasteiger partial charge in [0.25, 0.3) is 0 Å². The smallest absolute Gasteiger partial charge is 0.171 e. The highest BCUT2D eigenvalue weighted by Crippen LogP contribution is 2.12. The van der Waals surface area contributed by atoms with E-state index in [4.69, 9.17) is 0 Å². The highest BCUT2D eigenvalue weighted by Gasteiger charge is 2.03. The Bertz CT molecular complexity index is 467. The Labute approximate surface area is 190 Å². The molecule has 1 nitrogen and oxygen atoms in total. The highest BCUT2D eigenvalue weighted by atomic mass is 14.9. The van der Waals surface area contributed by atoms with Gasteiger partial charge in [0, 0.05) is 18.1 Å². The van der Waals surface area contributed by atoms with Gasteiger partial charge in [0.1, 0.15) is 6.54 Å². The molecule has 1 rings (SSSR count). The Balaban J connectivity index is 1.96. The van der Waals surface area contributed by atoms with Crippen molar-refractivity contribution < 1.29 is 4.57 Å². The molecule has 1 aromatic rings. The first kappa shape index (κ1) is 27.2. The number of pyridine rings is 1. The topological polar surface area (TPSA) is 3.88 Å². The number of unbranched alkanes of at least 4 members (excludes halogenated alkanes) is 18. The maximum Gasteiger partial charge on any atom is 0.171 e. The van der Waals surface area contributed by atoms with Gasteiger partial charge in [0.05, 0.1) is 0 Å². The molecule has 0 aliphatic heterocycles. The van der Waals surface area contributed by atoms with E-state index in [0.29, 0.717) is 0 Å². The summed E-state index contributed by atoms with van der Waals surface area (Å²) in [6, 6.07) is 4.57. The molecule has 0 aliphatic rings. The van der Waals surface area contributed by atoms with E-state index in [1.165, 1.54) is 147 Å². The molecule has 0 saturated carbocycles. The summed E-state index contributed by atoms with van der Waals surface area (Å²) in [7, 11) is 0. The Morgan fingerprint density at radius 3 is 1.47 bits per heavy atom. The molecular formula is C29H54N+. The Kier molecular flexibility index (Phi) is 19.4. The minimum atomic E-state index is 1.20. The maximum absolute atomic E-state index is 2.43. The molecule has 0 N–H and O–H groups in total. The first-order valence-corrected chi connectivity index (χ1v) is 13.8. The summed E-state index contributed by atoms with van der Waals surface area (Å²) in [5.41, 5.74) is 1.53. The summed E-state index contributed by atoms with van der Waals surface area (Å²) in [5.74, 6) is 0. The van der Waals surface area contributed by atoms with Crippen molar-refractivity contribution in [3.8, 4) is 0 Å². The van der Waals surface area contributed by atoms with Crippen LogP contribution in [0.15, 0.2) is 24.5 Å². The van der Waals surface area contributed by atoms with Gasteiger partial charge in [-0.15, -0.1) is 0 Å². The normalized spacial score (nSPS) is 11.3. The van der Waals surface area contributed by atoms with Crippen LogP contribution in [0.4, 0.5) is 0 Å². The van der Waals surface area contributed by atoms with Crippen molar-refractivity contribution >= 4 is 0 Å². The molecule has 0 radical (unpaired) electrons. The fraction of sp³-hybridized carbons (Fsp3) is 0.828. The summed E-state index contributed by atoms with van der Waals surface area (Å²) in [6.07, 6.45) is 34.3. The van der Waals surface area contributed by atoms with Crippen LogP contribution in [0, 0.1) is 0 Å². The van der Waals surface area contributed by atoms with Gasteiger partial charge < -0.3 is 0 Å². The molecule has 0 bridgehead atoms. The second kappa shape index (κ2) is 21.4. The summed E-state index contributed by atoms with van der Waals surface area (Å²) >= 11 is 0. The summed E-state index contributed by atoms with van der Waals surface area (Å²) in [4.78, 5) is 0. The third kappa shape index (κ3) is 16.9. The van der Waals surface area contributed by atoms with Gasteiger partial charge in [-0.3, -0.25) is 0 Å². The molecule has 0 atom stereocenters. The molecule has 0 amide bonds. The van der Waals surface area contributed by atoms with Crippen molar-refractivity contribution in [3.05, 3.63) is 30.1 Å². The summed E-state index contributed by atoms with van der Waals surface area (Å²) < 4.78 is 2.43. The maximum atomic E-state index is 2.43. The van der Waals surface area contributed by atoms with E-state index in [-0.39, 0.29) is 0 Å².